The smallest absolute Gasteiger partial charge is 0.229 e. The van der Waals surface area contributed by atoms with Crippen molar-refractivity contribution in [2.24, 2.45) is 0 Å². The van der Waals surface area contributed by atoms with Gasteiger partial charge in [-0.1, -0.05) is 6.07 Å². The average molecular weight is 492 g/mol. The fourth-order valence-electron chi connectivity index (χ4n) is 3.89. The van der Waals surface area contributed by atoms with E-state index in [1.807, 2.05) is 0 Å². The van der Waals surface area contributed by atoms with E-state index in [1.54, 1.807) is 0 Å². The number of ether oxygens (including phenoxy) is 4. The molecule has 0 aliphatic carbocycles. The Kier molecular flexibility index (Phi) is 6.74. The number of benzene rings is 2. The Balaban J connectivity index is 1.82. The maximum atomic E-state index is 12.9. The summed E-state index contributed by atoms with van der Waals surface area (Å²) in [6, 6.07) is 6.44. The lowest BCUT2D eigenvalue weighted by molar-refractivity contribution is -0.277. The molecule has 0 bridgehead atoms. The van der Waals surface area contributed by atoms with Crippen LogP contribution in [0.1, 0.15) is 0 Å². The summed E-state index contributed by atoms with van der Waals surface area (Å²) in [5.74, 6) is -1.09. The van der Waals surface area contributed by atoms with Gasteiger partial charge in [-0.3, -0.25) is 4.79 Å². The van der Waals surface area contributed by atoms with E-state index >= 15 is 0 Å². The summed E-state index contributed by atoms with van der Waals surface area (Å²) in [6.07, 6.45) is -7.75. The quantitative estimate of drug-likeness (QED) is 0.272. The molecule has 0 amide bonds. The normalized spacial score (nSPS) is 24.3. The number of aromatic hydroxyl groups is 2. The Morgan fingerprint density at radius 3 is 2.37 bits per heavy atom. The van der Waals surface area contributed by atoms with Crippen LogP contribution in [0, 0.1) is 0 Å². The topological polar surface area (TPSA) is 189 Å². The summed E-state index contributed by atoms with van der Waals surface area (Å²) in [5.41, 5.74) is -0.843. The summed E-state index contributed by atoms with van der Waals surface area (Å²) in [5, 5.41) is 60.6. The summed E-state index contributed by atoms with van der Waals surface area (Å²) in [7, 11) is 2.63. The molecular formula is C23H24O12. The molecule has 4 rings (SSSR count). The Morgan fingerprint density at radius 2 is 1.71 bits per heavy atom. The van der Waals surface area contributed by atoms with Crippen molar-refractivity contribution in [2.75, 3.05) is 20.8 Å². The first-order chi connectivity index (χ1) is 16.7. The first kappa shape index (κ1) is 24.6. The summed E-state index contributed by atoms with van der Waals surface area (Å²) < 4.78 is 27.1. The summed E-state index contributed by atoms with van der Waals surface area (Å²) in [4.78, 5) is 12.9. The number of methoxy groups -OCH3 is 2. The van der Waals surface area contributed by atoms with Crippen LogP contribution >= 0.6 is 0 Å². The van der Waals surface area contributed by atoms with Crippen molar-refractivity contribution in [1.82, 2.24) is 0 Å². The molecule has 1 saturated heterocycles. The number of hydrogen-bond donors (Lipinski definition) is 6. The predicted molar refractivity (Wildman–Crippen MR) is 119 cm³/mol. The molecule has 1 aliphatic heterocycles. The second-order valence-electron chi connectivity index (χ2n) is 7.77. The third-order valence-electron chi connectivity index (χ3n) is 5.68. The number of hydrogen-bond acceptors (Lipinski definition) is 12. The first-order valence-electron chi connectivity index (χ1n) is 10.4. The van der Waals surface area contributed by atoms with Crippen LogP contribution in [0.3, 0.4) is 0 Å². The second kappa shape index (κ2) is 9.60. The van der Waals surface area contributed by atoms with Crippen molar-refractivity contribution in [3.63, 3.8) is 0 Å². The zero-order valence-electron chi connectivity index (χ0n) is 18.6. The van der Waals surface area contributed by atoms with E-state index in [2.05, 4.69) is 0 Å². The van der Waals surface area contributed by atoms with Crippen LogP contribution in [-0.2, 0) is 4.74 Å². The molecule has 0 saturated carbocycles. The van der Waals surface area contributed by atoms with Gasteiger partial charge < -0.3 is 54.0 Å². The lowest BCUT2D eigenvalue weighted by atomic mass is 9.99. The van der Waals surface area contributed by atoms with Crippen LogP contribution in [0.15, 0.2) is 39.5 Å². The van der Waals surface area contributed by atoms with Gasteiger partial charge in [-0.2, -0.15) is 0 Å². The van der Waals surface area contributed by atoms with E-state index in [1.165, 1.54) is 38.5 Å². The van der Waals surface area contributed by atoms with Crippen LogP contribution < -0.4 is 19.6 Å². The van der Waals surface area contributed by atoms with E-state index < -0.39 is 48.5 Å². The Labute approximate surface area is 197 Å². The highest BCUT2D eigenvalue weighted by Crippen LogP contribution is 2.44. The highest BCUT2D eigenvalue weighted by molar-refractivity contribution is 5.90. The van der Waals surface area contributed by atoms with Gasteiger partial charge in [0.2, 0.25) is 12.0 Å². The molecule has 12 nitrogen and oxygen atoms in total. The van der Waals surface area contributed by atoms with Crippen LogP contribution in [0.4, 0.5) is 0 Å². The summed E-state index contributed by atoms with van der Waals surface area (Å²) in [6.45, 7) is -0.661. The number of rotatable bonds is 6. The van der Waals surface area contributed by atoms with Crippen molar-refractivity contribution >= 4 is 11.0 Å². The number of phenols is 2. The minimum absolute atomic E-state index is 0.0609. The van der Waals surface area contributed by atoms with Gasteiger partial charge >= 0.3 is 0 Å². The monoisotopic (exact) mass is 492 g/mol. The Bertz CT molecular complexity index is 1280. The molecule has 0 spiro atoms. The molecular weight excluding hydrogens is 468 g/mol. The standard InChI is InChI=1S/C23H24O12/c1-31-14-7-13-17(19(28)22(14)32-2)10(26)6-12(33-13)16-9(25)4-3-5-11(16)34-23-21(30)20(29)18(27)15(8-24)35-23/h3-7,15,18,20-21,23-25,27-30H,8H2,1-2H3/t15?,18-,20+,21?,23-/m1/s1. The number of aliphatic hydroxyl groups is 4. The summed E-state index contributed by atoms with van der Waals surface area (Å²) >= 11 is 0. The fourth-order valence-corrected chi connectivity index (χ4v) is 3.89. The SMILES string of the molecule is COc1cc2oc(-c3c(O)cccc3O[C@@H]3OC(CO)[C@@H](O)[C@H](O)C3O)cc(=O)c2c(O)c1OC. The van der Waals surface area contributed by atoms with Crippen molar-refractivity contribution in [3.05, 3.63) is 40.6 Å². The van der Waals surface area contributed by atoms with E-state index in [0.717, 1.165) is 6.07 Å². The number of phenolic OH excluding ortho intramolecular Hbond substituents is 2. The molecule has 5 atom stereocenters. The van der Waals surface area contributed by atoms with Crippen LogP contribution in [-0.4, -0.2) is 82.2 Å². The van der Waals surface area contributed by atoms with E-state index in [0.29, 0.717) is 0 Å². The lowest BCUT2D eigenvalue weighted by Crippen LogP contribution is -2.60. The van der Waals surface area contributed by atoms with Crippen LogP contribution in [0.2, 0.25) is 0 Å². The van der Waals surface area contributed by atoms with Gasteiger partial charge in [-0.05, 0) is 12.1 Å². The van der Waals surface area contributed by atoms with Gasteiger partial charge in [0, 0.05) is 12.1 Å². The molecule has 1 aliphatic rings. The molecule has 35 heavy (non-hydrogen) atoms. The minimum Gasteiger partial charge on any atom is -0.507 e. The van der Waals surface area contributed by atoms with E-state index in [4.69, 9.17) is 23.4 Å². The van der Waals surface area contributed by atoms with Gasteiger partial charge in [-0.15, -0.1) is 0 Å². The molecule has 188 valence electrons. The molecule has 0 radical (unpaired) electrons. The Morgan fingerprint density at radius 1 is 0.971 bits per heavy atom. The van der Waals surface area contributed by atoms with Crippen LogP contribution in [0.25, 0.3) is 22.3 Å². The molecule has 2 heterocycles. The maximum absolute atomic E-state index is 12.9. The minimum atomic E-state index is -1.71. The van der Waals surface area contributed by atoms with Gasteiger partial charge in [0.15, 0.2) is 16.9 Å². The molecule has 3 aromatic rings. The van der Waals surface area contributed by atoms with Crippen molar-refractivity contribution < 1.29 is 54.0 Å². The molecule has 1 aromatic heterocycles. The van der Waals surface area contributed by atoms with E-state index in [9.17, 15) is 35.4 Å². The molecule has 12 heteroatoms. The zero-order chi connectivity index (χ0) is 25.4. The largest absolute Gasteiger partial charge is 0.507 e. The fraction of sp³-hybridized carbons (Fsp3) is 0.348. The number of aliphatic hydroxyl groups excluding tert-OH is 4. The van der Waals surface area contributed by atoms with Crippen molar-refractivity contribution in [1.29, 1.82) is 0 Å². The Hall–Kier alpha value is -3.55. The van der Waals surface area contributed by atoms with Gasteiger partial charge in [-0.25, -0.2) is 0 Å². The second-order valence-corrected chi connectivity index (χ2v) is 7.77. The molecule has 2 unspecified atom stereocenters. The number of fused-ring (bicyclic) bond motifs is 1. The third kappa shape index (κ3) is 4.22. The lowest BCUT2D eigenvalue weighted by Gasteiger charge is -2.39. The van der Waals surface area contributed by atoms with Crippen molar-refractivity contribution in [2.45, 2.75) is 30.7 Å². The highest BCUT2D eigenvalue weighted by atomic mass is 16.7. The first-order valence-corrected chi connectivity index (χ1v) is 10.4. The van der Waals surface area contributed by atoms with Gasteiger partial charge in [0.25, 0.3) is 0 Å². The third-order valence-corrected chi connectivity index (χ3v) is 5.68. The maximum Gasteiger partial charge on any atom is 0.229 e. The molecule has 1 fully saturated rings. The average Bonchev–Trinajstić information content (AvgIpc) is 2.83. The van der Waals surface area contributed by atoms with E-state index in [-0.39, 0.29) is 45.3 Å². The van der Waals surface area contributed by atoms with Crippen molar-refractivity contribution in [3.8, 4) is 40.1 Å². The zero-order valence-corrected chi connectivity index (χ0v) is 18.6. The van der Waals surface area contributed by atoms with Gasteiger partial charge in [0.1, 0.15) is 58.2 Å². The van der Waals surface area contributed by atoms with Gasteiger partial charge in [0.05, 0.1) is 20.8 Å². The highest BCUT2D eigenvalue weighted by Gasteiger charge is 2.45. The molecule has 6 N–H and O–H groups in total. The van der Waals surface area contributed by atoms with Crippen LogP contribution in [0.5, 0.6) is 28.7 Å². The molecule has 2 aromatic carbocycles. The predicted octanol–water partition coefficient (Wildman–Crippen LogP) is 0.0671.